The van der Waals surface area contributed by atoms with Crippen LogP contribution in [0.2, 0.25) is 0 Å². The predicted octanol–water partition coefficient (Wildman–Crippen LogP) is 4.17. The van der Waals surface area contributed by atoms with E-state index in [1.54, 1.807) is 7.11 Å². The van der Waals surface area contributed by atoms with Crippen LogP contribution < -0.4 is 4.74 Å². The average Bonchev–Trinajstić information content (AvgIpc) is 2.52. The Bertz CT molecular complexity index is 493. The van der Waals surface area contributed by atoms with Crippen LogP contribution >= 0.6 is 0 Å². The summed E-state index contributed by atoms with van der Waals surface area (Å²) in [6, 6.07) is 7.71. The van der Waals surface area contributed by atoms with Gasteiger partial charge >= 0.3 is 5.97 Å². The van der Waals surface area contributed by atoms with Crippen molar-refractivity contribution in [3.8, 4) is 5.75 Å². The van der Waals surface area contributed by atoms with Crippen molar-refractivity contribution in [2.75, 3.05) is 7.11 Å². The lowest BCUT2D eigenvalue weighted by molar-refractivity contribution is -0.324. The Morgan fingerprint density at radius 2 is 1.64 bits per heavy atom. The Kier molecular flexibility index (Phi) is 5.12. The summed E-state index contributed by atoms with van der Waals surface area (Å²) >= 11 is 0. The highest BCUT2D eigenvalue weighted by Gasteiger charge is 2.44. The van der Waals surface area contributed by atoms with Crippen molar-refractivity contribution in [3.63, 3.8) is 0 Å². The third-order valence-electron chi connectivity index (χ3n) is 4.11. The maximum atomic E-state index is 12.7. The highest BCUT2D eigenvalue weighted by atomic mass is 17.2. The SMILES string of the molecule is COc1ccc(C2(C(=O)OOC(C)(C)C)CCCCC2)cc1. The van der Waals surface area contributed by atoms with Crippen LogP contribution in [0.4, 0.5) is 0 Å². The van der Waals surface area contributed by atoms with Gasteiger partial charge in [0.05, 0.1) is 12.5 Å². The lowest BCUT2D eigenvalue weighted by Gasteiger charge is -2.35. The molecule has 1 aliphatic rings. The number of carbonyl (C=O) groups is 1. The molecule has 1 aliphatic carbocycles. The molecule has 0 atom stereocenters. The lowest BCUT2D eigenvalue weighted by Crippen LogP contribution is -2.40. The summed E-state index contributed by atoms with van der Waals surface area (Å²) in [6.45, 7) is 5.59. The third kappa shape index (κ3) is 3.80. The quantitative estimate of drug-likeness (QED) is 0.618. The van der Waals surface area contributed by atoms with Gasteiger partial charge in [-0.25, -0.2) is 4.79 Å². The molecule has 0 spiro atoms. The number of hydrogen-bond donors (Lipinski definition) is 0. The van der Waals surface area contributed by atoms with Gasteiger partial charge in [-0.05, 0) is 51.3 Å². The van der Waals surface area contributed by atoms with Crippen LogP contribution in [-0.2, 0) is 20.0 Å². The molecule has 0 unspecified atom stereocenters. The first kappa shape index (κ1) is 16.8. The van der Waals surface area contributed by atoms with Crippen LogP contribution in [0.15, 0.2) is 24.3 Å². The van der Waals surface area contributed by atoms with Crippen LogP contribution in [0.3, 0.4) is 0 Å². The van der Waals surface area contributed by atoms with E-state index in [1.165, 1.54) is 0 Å². The molecule has 0 amide bonds. The van der Waals surface area contributed by atoms with Crippen LogP contribution in [0.25, 0.3) is 0 Å². The number of benzene rings is 1. The van der Waals surface area contributed by atoms with Gasteiger partial charge in [-0.3, -0.25) is 4.89 Å². The van der Waals surface area contributed by atoms with E-state index >= 15 is 0 Å². The third-order valence-corrected chi connectivity index (χ3v) is 4.11. The molecule has 0 bridgehead atoms. The monoisotopic (exact) mass is 306 g/mol. The van der Waals surface area contributed by atoms with Crippen molar-refractivity contribution >= 4 is 5.97 Å². The standard InChI is InChI=1S/C18H26O4/c1-17(2,3)22-21-16(19)18(12-6-5-7-13-18)14-8-10-15(20-4)11-9-14/h8-11H,5-7,12-13H2,1-4H3. The largest absolute Gasteiger partial charge is 0.497 e. The molecule has 4 nitrogen and oxygen atoms in total. The highest BCUT2D eigenvalue weighted by Crippen LogP contribution is 2.41. The first-order chi connectivity index (χ1) is 10.4. The van der Waals surface area contributed by atoms with Gasteiger partial charge in [-0.1, -0.05) is 31.4 Å². The van der Waals surface area contributed by atoms with E-state index in [0.717, 1.165) is 43.4 Å². The topological polar surface area (TPSA) is 44.8 Å². The van der Waals surface area contributed by atoms with Gasteiger partial charge in [0.1, 0.15) is 11.4 Å². The average molecular weight is 306 g/mol. The molecule has 0 aromatic heterocycles. The van der Waals surface area contributed by atoms with E-state index < -0.39 is 11.0 Å². The second-order valence-electron chi connectivity index (χ2n) is 6.94. The zero-order chi connectivity index (χ0) is 16.2. The Balaban J connectivity index is 2.24. The molecule has 1 fully saturated rings. The first-order valence-electron chi connectivity index (χ1n) is 7.92. The molecular formula is C18H26O4. The zero-order valence-electron chi connectivity index (χ0n) is 14.0. The minimum absolute atomic E-state index is 0.285. The van der Waals surface area contributed by atoms with Crippen molar-refractivity contribution in [2.24, 2.45) is 0 Å². The lowest BCUT2D eigenvalue weighted by atomic mass is 9.69. The molecule has 0 N–H and O–H groups in total. The van der Waals surface area contributed by atoms with E-state index in [0.29, 0.717) is 0 Å². The fourth-order valence-electron chi connectivity index (χ4n) is 2.92. The minimum Gasteiger partial charge on any atom is -0.497 e. The van der Waals surface area contributed by atoms with Gasteiger partial charge in [0.25, 0.3) is 0 Å². The predicted molar refractivity (Wildman–Crippen MR) is 84.7 cm³/mol. The fourth-order valence-corrected chi connectivity index (χ4v) is 2.92. The summed E-state index contributed by atoms with van der Waals surface area (Å²) in [5.41, 5.74) is -0.128. The van der Waals surface area contributed by atoms with Crippen molar-refractivity contribution in [2.45, 2.75) is 63.9 Å². The highest BCUT2D eigenvalue weighted by molar-refractivity contribution is 5.83. The molecule has 22 heavy (non-hydrogen) atoms. The summed E-state index contributed by atoms with van der Waals surface area (Å²) in [6.07, 6.45) is 4.80. The maximum Gasteiger partial charge on any atom is 0.352 e. The van der Waals surface area contributed by atoms with E-state index in [1.807, 2.05) is 45.0 Å². The van der Waals surface area contributed by atoms with Crippen molar-refractivity contribution in [3.05, 3.63) is 29.8 Å². The van der Waals surface area contributed by atoms with E-state index in [9.17, 15) is 4.79 Å². The van der Waals surface area contributed by atoms with Crippen LogP contribution in [-0.4, -0.2) is 18.7 Å². The molecule has 2 rings (SSSR count). The molecule has 1 aromatic rings. The molecule has 1 aromatic carbocycles. The molecular weight excluding hydrogens is 280 g/mol. The molecule has 0 saturated heterocycles. The molecule has 1 saturated carbocycles. The molecule has 0 aliphatic heterocycles. The Morgan fingerprint density at radius 1 is 1.05 bits per heavy atom. The summed E-state index contributed by atoms with van der Waals surface area (Å²) in [5, 5.41) is 0. The first-order valence-corrected chi connectivity index (χ1v) is 7.92. The minimum atomic E-state index is -0.601. The molecule has 4 heteroatoms. The summed E-state index contributed by atoms with van der Waals surface area (Å²) in [4.78, 5) is 23.2. The number of methoxy groups -OCH3 is 1. The van der Waals surface area contributed by atoms with Gasteiger partial charge in [-0.15, -0.1) is 0 Å². The van der Waals surface area contributed by atoms with Crippen LogP contribution in [0, 0.1) is 0 Å². The van der Waals surface area contributed by atoms with E-state index in [4.69, 9.17) is 14.5 Å². The van der Waals surface area contributed by atoms with Crippen LogP contribution in [0.5, 0.6) is 5.75 Å². The van der Waals surface area contributed by atoms with E-state index in [2.05, 4.69) is 0 Å². The zero-order valence-corrected chi connectivity index (χ0v) is 14.0. The Morgan fingerprint density at radius 3 is 2.14 bits per heavy atom. The summed E-state index contributed by atoms with van der Waals surface area (Å²) in [7, 11) is 1.64. The van der Waals surface area contributed by atoms with Crippen molar-refractivity contribution < 1.29 is 19.3 Å². The van der Waals surface area contributed by atoms with Crippen LogP contribution in [0.1, 0.15) is 58.4 Å². The van der Waals surface area contributed by atoms with Gasteiger partial charge in [0, 0.05) is 0 Å². The second-order valence-corrected chi connectivity index (χ2v) is 6.94. The number of carbonyl (C=O) groups excluding carboxylic acids is 1. The maximum absolute atomic E-state index is 12.7. The number of hydrogen-bond acceptors (Lipinski definition) is 4. The molecule has 0 heterocycles. The van der Waals surface area contributed by atoms with Gasteiger partial charge in [-0.2, -0.15) is 4.89 Å². The smallest absolute Gasteiger partial charge is 0.352 e. The van der Waals surface area contributed by atoms with E-state index in [-0.39, 0.29) is 5.97 Å². The van der Waals surface area contributed by atoms with Crippen molar-refractivity contribution in [1.82, 2.24) is 0 Å². The van der Waals surface area contributed by atoms with Gasteiger partial charge in [0.2, 0.25) is 0 Å². The van der Waals surface area contributed by atoms with Gasteiger partial charge < -0.3 is 4.74 Å². The Labute approximate surface area is 132 Å². The summed E-state index contributed by atoms with van der Waals surface area (Å²) in [5.74, 6) is 0.501. The molecule has 122 valence electrons. The molecule has 0 radical (unpaired) electrons. The number of rotatable bonds is 4. The fraction of sp³-hybridized carbons (Fsp3) is 0.611. The summed E-state index contributed by atoms with van der Waals surface area (Å²) < 4.78 is 5.20. The normalized spacial score (nSPS) is 17.8. The van der Waals surface area contributed by atoms with Crippen molar-refractivity contribution in [1.29, 1.82) is 0 Å². The van der Waals surface area contributed by atoms with Gasteiger partial charge in [0.15, 0.2) is 0 Å². The number of ether oxygens (including phenoxy) is 1. The Hall–Kier alpha value is -1.55. The second kappa shape index (κ2) is 6.69.